The zero-order valence-corrected chi connectivity index (χ0v) is 6.58. The van der Waals surface area contributed by atoms with Gasteiger partial charge in [0.2, 0.25) is 0 Å². The molecule has 2 aliphatic carbocycles. The van der Waals surface area contributed by atoms with Crippen LogP contribution in [0.5, 0.6) is 0 Å². The summed E-state index contributed by atoms with van der Waals surface area (Å²) in [6.45, 7) is 2.09. The summed E-state index contributed by atoms with van der Waals surface area (Å²) in [5, 5.41) is 8.98. The summed E-state index contributed by atoms with van der Waals surface area (Å²) < 4.78 is 5.49. The van der Waals surface area contributed by atoms with Gasteiger partial charge in [0.05, 0.1) is 23.7 Å². The van der Waals surface area contributed by atoms with Gasteiger partial charge in [-0.2, -0.15) is 5.26 Å². The average Bonchev–Trinajstić information content (AvgIpc) is 2.65. The smallest absolute Gasteiger partial charge is 0.0888 e. The van der Waals surface area contributed by atoms with Crippen LogP contribution in [0.2, 0.25) is 0 Å². The van der Waals surface area contributed by atoms with E-state index in [1.54, 1.807) is 0 Å². The maximum Gasteiger partial charge on any atom is 0.0888 e. The summed E-state index contributed by atoms with van der Waals surface area (Å²) in [6.07, 6.45) is 3.36. The van der Waals surface area contributed by atoms with Gasteiger partial charge in [-0.1, -0.05) is 0 Å². The third-order valence-corrected chi connectivity index (χ3v) is 3.74. The SMILES string of the molecule is C[C@]1(C#N)C[C@@H]2C[C@H]1[C@H]1O[C@@H]21. The molecule has 0 amide bonds. The van der Waals surface area contributed by atoms with Gasteiger partial charge in [-0.25, -0.2) is 0 Å². The molecule has 2 saturated carbocycles. The van der Waals surface area contributed by atoms with Crippen molar-refractivity contribution in [3.63, 3.8) is 0 Å². The van der Waals surface area contributed by atoms with Gasteiger partial charge in [0.15, 0.2) is 0 Å². The summed E-state index contributed by atoms with van der Waals surface area (Å²) >= 11 is 0. The Labute approximate surface area is 66.1 Å². The number of nitrogens with zero attached hydrogens (tertiary/aromatic N) is 1. The summed E-state index contributed by atoms with van der Waals surface area (Å²) in [7, 11) is 0. The first-order valence-electron chi connectivity index (χ1n) is 4.31. The van der Waals surface area contributed by atoms with E-state index in [1.165, 1.54) is 6.42 Å². The number of fused-ring (bicyclic) bond motifs is 5. The fourth-order valence-corrected chi connectivity index (χ4v) is 3.08. The van der Waals surface area contributed by atoms with E-state index in [-0.39, 0.29) is 5.41 Å². The van der Waals surface area contributed by atoms with Gasteiger partial charge in [0.1, 0.15) is 0 Å². The molecule has 0 N–H and O–H groups in total. The number of ether oxygens (including phenoxy) is 1. The van der Waals surface area contributed by atoms with E-state index < -0.39 is 0 Å². The molecule has 1 heterocycles. The van der Waals surface area contributed by atoms with Crippen LogP contribution in [-0.2, 0) is 4.74 Å². The van der Waals surface area contributed by atoms with Gasteiger partial charge in [-0.05, 0) is 25.7 Å². The number of hydrogen-bond donors (Lipinski definition) is 0. The average molecular weight is 149 g/mol. The van der Waals surface area contributed by atoms with Crippen LogP contribution in [0, 0.1) is 28.6 Å². The van der Waals surface area contributed by atoms with E-state index in [9.17, 15) is 0 Å². The van der Waals surface area contributed by atoms with E-state index in [0.717, 1.165) is 12.3 Å². The molecule has 0 unspecified atom stereocenters. The molecule has 3 rings (SSSR count). The summed E-state index contributed by atoms with van der Waals surface area (Å²) in [5.74, 6) is 1.28. The highest BCUT2D eigenvalue weighted by Gasteiger charge is 2.67. The van der Waals surface area contributed by atoms with E-state index in [4.69, 9.17) is 10.00 Å². The Kier molecular flexibility index (Phi) is 0.803. The Morgan fingerprint density at radius 3 is 2.91 bits per heavy atom. The molecule has 2 heteroatoms. The molecule has 0 aromatic rings. The molecule has 5 atom stereocenters. The molecule has 0 aromatic carbocycles. The van der Waals surface area contributed by atoms with Crippen LogP contribution in [0.4, 0.5) is 0 Å². The first-order valence-corrected chi connectivity index (χ1v) is 4.31. The lowest BCUT2D eigenvalue weighted by Crippen LogP contribution is -2.27. The summed E-state index contributed by atoms with van der Waals surface area (Å²) in [4.78, 5) is 0. The first-order chi connectivity index (χ1) is 5.24. The Hall–Kier alpha value is -0.550. The zero-order valence-electron chi connectivity index (χ0n) is 6.58. The van der Waals surface area contributed by atoms with Crippen molar-refractivity contribution in [3.8, 4) is 6.07 Å². The Morgan fingerprint density at radius 1 is 1.55 bits per heavy atom. The number of epoxide rings is 1. The van der Waals surface area contributed by atoms with Crippen molar-refractivity contribution in [2.24, 2.45) is 17.3 Å². The molecule has 1 saturated heterocycles. The van der Waals surface area contributed by atoms with Crippen LogP contribution in [-0.4, -0.2) is 12.2 Å². The van der Waals surface area contributed by atoms with Crippen molar-refractivity contribution in [1.82, 2.24) is 0 Å². The second kappa shape index (κ2) is 1.47. The van der Waals surface area contributed by atoms with Crippen molar-refractivity contribution in [1.29, 1.82) is 5.26 Å². The lowest BCUT2D eigenvalue weighted by atomic mass is 9.76. The summed E-state index contributed by atoms with van der Waals surface area (Å²) in [6, 6.07) is 2.45. The monoisotopic (exact) mass is 149 g/mol. The van der Waals surface area contributed by atoms with Crippen LogP contribution in [0.1, 0.15) is 19.8 Å². The second-order valence-corrected chi connectivity index (χ2v) is 4.40. The molecule has 0 radical (unpaired) electrons. The third kappa shape index (κ3) is 0.530. The molecule has 0 spiro atoms. The molecular formula is C9H11NO. The van der Waals surface area contributed by atoms with E-state index in [1.807, 2.05) is 0 Å². The molecule has 3 fully saturated rings. The van der Waals surface area contributed by atoms with Gasteiger partial charge in [-0.3, -0.25) is 0 Å². The molecular weight excluding hydrogens is 138 g/mol. The van der Waals surface area contributed by atoms with Gasteiger partial charge in [0, 0.05) is 5.92 Å². The first kappa shape index (κ1) is 6.02. The molecule has 11 heavy (non-hydrogen) atoms. The number of hydrogen-bond acceptors (Lipinski definition) is 2. The minimum atomic E-state index is -0.0532. The normalized spacial score (nSPS) is 64.0. The van der Waals surface area contributed by atoms with Crippen LogP contribution in [0.3, 0.4) is 0 Å². The largest absolute Gasteiger partial charge is 0.369 e. The molecule has 58 valence electrons. The molecule has 1 aliphatic heterocycles. The predicted molar refractivity (Wildman–Crippen MR) is 38.6 cm³/mol. The van der Waals surface area contributed by atoms with Crippen molar-refractivity contribution in [3.05, 3.63) is 0 Å². The zero-order chi connectivity index (χ0) is 7.64. The van der Waals surface area contributed by atoms with E-state index >= 15 is 0 Å². The van der Waals surface area contributed by atoms with E-state index in [0.29, 0.717) is 18.1 Å². The molecule has 0 aromatic heterocycles. The molecule has 2 bridgehead atoms. The van der Waals surface area contributed by atoms with Crippen molar-refractivity contribution < 1.29 is 4.74 Å². The maximum atomic E-state index is 8.98. The summed E-state index contributed by atoms with van der Waals surface area (Å²) in [5.41, 5.74) is -0.0532. The number of rotatable bonds is 0. The maximum absolute atomic E-state index is 8.98. The highest BCUT2D eigenvalue weighted by atomic mass is 16.6. The predicted octanol–water partition coefficient (Wildman–Crippen LogP) is 1.32. The Morgan fingerprint density at radius 2 is 2.36 bits per heavy atom. The lowest BCUT2D eigenvalue weighted by molar-refractivity contribution is 0.230. The van der Waals surface area contributed by atoms with Crippen LogP contribution < -0.4 is 0 Å². The third-order valence-electron chi connectivity index (χ3n) is 3.74. The lowest BCUT2D eigenvalue weighted by Gasteiger charge is -2.23. The second-order valence-electron chi connectivity index (χ2n) is 4.40. The van der Waals surface area contributed by atoms with Crippen LogP contribution in [0.15, 0.2) is 0 Å². The van der Waals surface area contributed by atoms with Crippen molar-refractivity contribution in [2.75, 3.05) is 0 Å². The highest BCUT2D eigenvalue weighted by molar-refractivity contribution is 5.20. The van der Waals surface area contributed by atoms with Crippen LogP contribution >= 0.6 is 0 Å². The topological polar surface area (TPSA) is 36.3 Å². The minimum absolute atomic E-state index is 0.0532. The van der Waals surface area contributed by atoms with Crippen LogP contribution in [0.25, 0.3) is 0 Å². The van der Waals surface area contributed by atoms with Crippen molar-refractivity contribution in [2.45, 2.75) is 32.0 Å². The molecule has 2 nitrogen and oxygen atoms in total. The van der Waals surface area contributed by atoms with Gasteiger partial charge < -0.3 is 4.74 Å². The highest BCUT2D eigenvalue weighted by Crippen LogP contribution is 2.63. The van der Waals surface area contributed by atoms with E-state index in [2.05, 4.69) is 13.0 Å². The van der Waals surface area contributed by atoms with Gasteiger partial charge >= 0.3 is 0 Å². The van der Waals surface area contributed by atoms with Gasteiger partial charge in [-0.15, -0.1) is 0 Å². The Bertz CT molecular complexity index is 257. The quantitative estimate of drug-likeness (QED) is 0.487. The van der Waals surface area contributed by atoms with Gasteiger partial charge in [0.25, 0.3) is 0 Å². The molecule has 3 aliphatic rings. The fourth-order valence-electron chi connectivity index (χ4n) is 3.08. The Balaban J connectivity index is 1.99. The fraction of sp³-hybridized carbons (Fsp3) is 0.889. The number of nitriles is 1. The standard InChI is InChI=1S/C9H11NO/c1-9(4-10)3-5-2-6(9)8-7(5)11-8/h5-8H,2-3H2,1H3/t5-,6-,7-,8+,9+/m0/s1. The van der Waals surface area contributed by atoms with Crippen molar-refractivity contribution >= 4 is 0 Å². The minimum Gasteiger partial charge on any atom is -0.369 e.